The number of hydrogen-bond acceptors (Lipinski definition) is 5. The van der Waals surface area contributed by atoms with Crippen molar-refractivity contribution in [1.82, 2.24) is 4.67 Å². The summed E-state index contributed by atoms with van der Waals surface area (Å²) in [5, 5.41) is 0. The molecular weight excluding hydrogens is 469 g/mol. The second-order valence-electron chi connectivity index (χ2n) is 10.7. The number of carbonyl (C=O) groups excluding carboxylic acids is 1. The van der Waals surface area contributed by atoms with E-state index in [-0.39, 0.29) is 5.97 Å². The van der Waals surface area contributed by atoms with Crippen molar-refractivity contribution in [3.05, 3.63) is 0 Å². The Morgan fingerprint density at radius 3 is 1.44 bits per heavy atom. The molecule has 0 aromatic carbocycles. The first-order valence-electron chi connectivity index (χ1n) is 15.4. The minimum Gasteiger partial charge on any atom is -0.463 e. The van der Waals surface area contributed by atoms with Crippen molar-refractivity contribution in [3.63, 3.8) is 0 Å². The third-order valence-corrected chi connectivity index (χ3v) is 8.59. The van der Waals surface area contributed by atoms with Gasteiger partial charge < -0.3 is 13.8 Å². The monoisotopic (exact) mass is 531 g/mol. The van der Waals surface area contributed by atoms with Gasteiger partial charge in [-0.3, -0.25) is 4.79 Å². The van der Waals surface area contributed by atoms with Crippen LogP contribution in [0.4, 0.5) is 0 Å². The summed E-state index contributed by atoms with van der Waals surface area (Å²) in [5.41, 5.74) is 0. The van der Waals surface area contributed by atoms with Crippen LogP contribution in [0.25, 0.3) is 0 Å². The van der Waals surface area contributed by atoms with Crippen LogP contribution in [0, 0.1) is 0 Å². The van der Waals surface area contributed by atoms with Gasteiger partial charge in [-0.2, -0.15) is 0 Å². The number of rotatable bonds is 27. The van der Waals surface area contributed by atoms with E-state index in [4.69, 9.17) is 13.8 Å². The molecule has 216 valence electrons. The van der Waals surface area contributed by atoms with Gasteiger partial charge in [-0.1, -0.05) is 110 Å². The number of hydrogen-bond donors (Lipinski definition) is 0. The molecule has 0 aromatic heterocycles. The minimum absolute atomic E-state index is 0.103. The van der Waals surface area contributed by atoms with Crippen molar-refractivity contribution in [2.75, 3.05) is 19.8 Å². The van der Waals surface area contributed by atoms with Gasteiger partial charge in [0.25, 0.3) is 8.53 Å². The largest absolute Gasteiger partial charge is 0.463 e. The van der Waals surface area contributed by atoms with E-state index in [1.807, 2.05) is 0 Å². The highest BCUT2D eigenvalue weighted by atomic mass is 31.2. The van der Waals surface area contributed by atoms with Gasteiger partial charge >= 0.3 is 5.97 Å². The molecule has 0 aliphatic rings. The van der Waals surface area contributed by atoms with Crippen LogP contribution < -0.4 is 0 Å². The molecule has 1 atom stereocenters. The van der Waals surface area contributed by atoms with E-state index in [0.29, 0.717) is 38.3 Å². The Kier molecular flexibility index (Phi) is 26.2. The number of ether oxygens (including phenoxy) is 1. The van der Waals surface area contributed by atoms with E-state index in [1.54, 1.807) is 0 Å². The summed E-state index contributed by atoms with van der Waals surface area (Å²) in [5.74, 6) is -0.103. The summed E-state index contributed by atoms with van der Waals surface area (Å²) in [7, 11) is -1.13. The lowest BCUT2D eigenvalue weighted by Crippen LogP contribution is -2.34. The average Bonchev–Trinajstić information content (AvgIpc) is 2.83. The van der Waals surface area contributed by atoms with Crippen LogP contribution in [0.2, 0.25) is 0 Å². The smallest absolute Gasteiger partial charge is 0.305 e. The lowest BCUT2D eigenvalue weighted by Gasteiger charge is -2.35. The first-order valence-corrected chi connectivity index (χ1v) is 16.6. The number of esters is 1. The molecule has 0 saturated heterocycles. The Morgan fingerprint density at radius 2 is 1.00 bits per heavy atom. The van der Waals surface area contributed by atoms with Gasteiger partial charge in [0.15, 0.2) is 0 Å². The first-order chi connectivity index (χ1) is 17.4. The van der Waals surface area contributed by atoms with Crippen LogP contribution in [0.15, 0.2) is 0 Å². The average molecular weight is 532 g/mol. The summed E-state index contributed by atoms with van der Waals surface area (Å²) in [6.45, 7) is 14.5. The highest BCUT2D eigenvalue weighted by Gasteiger charge is 2.27. The van der Waals surface area contributed by atoms with E-state index in [9.17, 15) is 4.79 Å². The SMILES string of the molecule is CCCCCCCCCCCCCCCCCC(=O)OCCOP(OCCCC)N(C(C)C)C(C)C. The molecule has 0 aliphatic carbocycles. The van der Waals surface area contributed by atoms with Gasteiger partial charge in [-0.25, -0.2) is 4.67 Å². The lowest BCUT2D eigenvalue weighted by atomic mass is 10.0. The molecule has 36 heavy (non-hydrogen) atoms. The van der Waals surface area contributed by atoms with Crippen molar-refractivity contribution in [3.8, 4) is 0 Å². The van der Waals surface area contributed by atoms with Crippen LogP contribution in [0.3, 0.4) is 0 Å². The van der Waals surface area contributed by atoms with Crippen molar-refractivity contribution in [1.29, 1.82) is 0 Å². The first kappa shape index (κ1) is 35.8. The maximum Gasteiger partial charge on any atom is 0.305 e. The zero-order valence-electron chi connectivity index (χ0n) is 25.0. The van der Waals surface area contributed by atoms with Crippen molar-refractivity contribution in [2.24, 2.45) is 0 Å². The fourth-order valence-corrected chi connectivity index (χ4v) is 6.03. The van der Waals surface area contributed by atoms with E-state index in [0.717, 1.165) is 25.7 Å². The summed E-state index contributed by atoms with van der Waals surface area (Å²) < 4.78 is 19.8. The Hall–Kier alpha value is -0.220. The Morgan fingerprint density at radius 1 is 0.583 bits per heavy atom. The van der Waals surface area contributed by atoms with Crippen molar-refractivity contribution < 1.29 is 18.6 Å². The summed E-state index contributed by atoms with van der Waals surface area (Å²) in [4.78, 5) is 12.1. The molecule has 0 spiro atoms. The van der Waals surface area contributed by atoms with Gasteiger partial charge in [0.05, 0.1) is 13.2 Å². The lowest BCUT2D eigenvalue weighted by molar-refractivity contribution is -0.144. The molecule has 6 heteroatoms. The molecule has 0 rings (SSSR count). The standard InChI is InChI=1S/C30H62NO4P/c1-7-9-11-12-13-14-15-16-17-18-19-20-21-22-23-24-30(32)33-26-27-35-36(34-25-10-8-2)31(28(3)4)29(5)6/h28-29H,7-27H2,1-6H3. The topological polar surface area (TPSA) is 48.0 Å². The van der Waals surface area contributed by atoms with Crippen LogP contribution >= 0.6 is 8.53 Å². The maximum absolute atomic E-state index is 12.1. The van der Waals surface area contributed by atoms with Gasteiger partial charge in [-0.15, -0.1) is 0 Å². The molecule has 0 heterocycles. The molecule has 0 aliphatic heterocycles. The molecule has 0 fully saturated rings. The summed E-state index contributed by atoms with van der Waals surface area (Å²) >= 11 is 0. The fourth-order valence-electron chi connectivity index (χ4n) is 4.41. The summed E-state index contributed by atoms with van der Waals surface area (Å²) in [6.07, 6.45) is 22.6. The Balaban J connectivity index is 3.71. The zero-order chi connectivity index (χ0) is 26.9. The maximum atomic E-state index is 12.1. The van der Waals surface area contributed by atoms with Crippen LogP contribution in [-0.2, 0) is 18.6 Å². The van der Waals surface area contributed by atoms with Crippen molar-refractivity contribution >= 4 is 14.5 Å². The van der Waals surface area contributed by atoms with Gasteiger partial charge in [0, 0.05) is 18.5 Å². The van der Waals surface area contributed by atoms with Gasteiger partial charge in [0.2, 0.25) is 0 Å². The van der Waals surface area contributed by atoms with E-state index >= 15 is 0 Å². The van der Waals surface area contributed by atoms with Gasteiger partial charge in [0.1, 0.15) is 6.61 Å². The molecule has 0 aromatic rings. The number of nitrogens with zero attached hydrogens (tertiary/aromatic N) is 1. The Bertz CT molecular complexity index is 468. The molecule has 0 bridgehead atoms. The number of unbranched alkanes of at least 4 members (excludes halogenated alkanes) is 15. The predicted molar refractivity (Wildman–Crippen MR) is 156 cm³/mol. The molecular formula is C30H62NO4P. The molecule has 0 radical (unpaired) electrons. The fraction of sp³-hybridized carbons (Fsp3) is 0.967. The highest BCUT2D eigenvalue weighted by molar-refractivity contribution is 7.44. The minimum atomic E-state index is -1.13. The third kappa shape index (κ3) is 21.8. The molecule has 1 unspecified atom stereocenters. The van der Waals surface area contributed by atoms with E-state index in [2.05, 4.69) is 46.2 Å². The molecule has 0 N–H and O–H groups in total. The molecule has 5 nitrogen and oxygen atoms in total. The molecule has 0 saturated carbocycles. The predicted octanol–water partition coefficient (Wildman–Crippen LogP) is 9.97. The normalized spacial score (nSPS) is 12.7. The van der Waals surface area contributed by atoms with Crippen LogP contribution in [0.5, 0.6) is 0 Å². The second-order valence-corrected chi connectivity index (χ2v) is 12.2. The van der Waals surface area contributed by atoms with Crippen LogP contribution in [-0.4, -0.2) is 42.5 Å². The third-order valence-electron chi connectivity index (χ3n) is 6.48. The van der Waals surface area contributed by atoms with E-state index in [1.165, 1.54) is 83.5 Å². The van der Waals surface area contributed by atoms with Gasteiger partial charge in [-0.05, 0) is 40.5 Å². The Labute approximate surface area is 226 Å². The second kappa shape index (κ2) is 26.4. The zero-order valence-corrected chi connectivity index (χ0v) is 25.9. The quantitative estimate of drug-likeness (QED) is 0.0599. The summed E-state index contributed by atoms with van der Waals surface area (Å²) in [6, 6.07) is 0.677. The van der Waals surface area contributed by atoms with E-state index < -0.39 is 8.53 Å². The number of carbonyl (C=O) groups is 1. The highest BCUT2D eigenvalue weighted by Crippen LogP contribution is 2.45. The van der Waals surface area contributed by atoms with Crippen molar-refractivity contribution in [2.45, 2.75) is 169 Å². The van der Waals surface area contributed by atoms with Crippen LogP contribution in [0.1, 0.15) is 157 Å². The molecule has 0 amide bonds.